The molecule has 0 spiro atoms. The molecule has 0 amide bonds. The number of nitrogens with zero attached hydrogens (tertiary/aromatic N) is 3. The van der Waals surface area contributed by atoms with E-state index in [1.54, 1.807) is 13.4 Å². The molecule has 0 fully saturated rings. The van der Waals surface area contributed by atoms with Crippen molar-refractivity contribution in [2.45, 2.75) is 13.5 Å². The van der Waals surface area contributed by atoms with E-state index in [4.69, 9.17) is 16.3 Å². The van der Waals surface area contributed by atoms with E-state index >= 15 is 0 Å². The zero-order chi connectivity index (χ0) is 12.3. The van der Waals surface area contributed by atoms with Gasteiger partial charge in [0.05, 0.1) is 6.61 Å². The SMILES string of the molecule is COCCn1cnnc1-c1ccc(Cl)cc1C. The van der Waals surface area contributed by atoms with E-state index in [0.717, 1.165) is 28.5 Å². The van der Waals surface area contributed by atoms with Gasteiger partial charge >= 0.3 is 0 Å². The van der Waals surface area contributed by atoms with Crippen LogP contribution < -0.4 is 0 Å². The Kier molecular flexibility index (Phi) is 3.76. The van der Waals surface area contributed by atoms with E-state index in [9.17, 15) is 0 Å². The van der Waals surface area contributed by atoms with E-state index in [1.165, 1.54) is 0 Å². The Morgan fingerprint density at radius 1 is 1.41 bits per heavy atom. The minimum atomic E-state index is 0.637. The lowest BCUT2D eigenvalue weighted by Crippen LogP contribution is -2.05. The topological polar surface area (TPSA) is 39.9 Å². The molecule has 0 saturated carbocycles. The van der Waals surface area contributed by atoms with Crippen LogP contribution in [0.4, 0.5) is 0 Å². The summed E-state index contributed by atoms with van der Waals surface area (Å²) in [6.45, 7) is 3.38. The highest BCUT2D eigenvalue weighted by Crippen LogP contribution is 2.24. The van der Waals surface area contributed by atoms with Gasteiger partial charge in [-0.1, -0.05) is 11.6 Å². The van der Waals surface area contributed by atoms with Gasteiger partial charge in [0.15, 0.2) is 5.82 Å². The molecule has 0 unspecified atom stereocenters. The van der Waals surface area contributed by atoms with Gasteiger partial charge in [-0.3, -0.25) is 0 Å². The molecule has 0 bridgehead atoms. The molecular formula is C12H14ClN3O. The molecule has 0 N–H and O–H groups in total. The Morgan fingerprint density at radius 3 is 2.94 bits per heavy atom. The van der Waals surface area contributed by atoms with Crippen LogP contribution in [-0.4, -0.2) is 28.5 Å². The van der Waals surface area contributed by atoms with Crippen molar-refractivity contribution in [3.63, 3.8) is 0 Å². The first-order valence-electron chi connectivity index (χ1n) is 5.35. The molecule has 5 heteroatoms. The fraction of sp³-hybridized carbons (Fsp3) is 0.333. The maximum absolute atomic E-state index is 5.94. The molecule has 0 aliphatic rings. The van der Waals surface area contributed by atoms with Crippen LogP contribution >= 0.6 is 11.6 Å². The third-order valence-corrected chi connectivity index (χ3v) is 2.82. The molecule has 1 aromatic carbocycles. The van der Waals surface area contributed by atoms with Crippen LogP contribution in [0.3, 0.4) is 0 Å². The summed E-state index contributed by atoms with van der Waals surface area (Å²) < 4.78 is 7.03. The van der Waals surface area contributed by atoms with Crippen molar-refractivity contribution in [2.75, 3.05) is 13.7 Å². The van der Waals surface area contributed by atoms with Gasteiger partial charge in [0.1, 0.15) is 6.33 Å². The Hall–Kier alpha value is -1.39. The molecular weight excluding hydrogens is 238 g/mol. The van der Waals surface area contributed by atoms with Crippen LogP contribution in [0.5, 0.6) is 0 Å². The number of aryl methyl sites for hydroxylation is 1. The summed E-state index contributed by atoms with van der Waals surface area (Å²) in [6.07, 6.45) is 1.71. The molecule has 2 rings (SSSR count). The number of hydrogen-bond donors (Lipinski definition) is 0. The lowest BCUT2D eigenvalue weighted by Gasteiger charge is -2.08. The summed E-state index contributed by atoms with van der Waals surface area (Å²) in [7, 11) is 1.68. The number of halogens is 1. The van der Waals surface area contributed by atoms with Gasteiger partial charge in [-0.2, -0.15) is 0 Å². The highest BCUT2D eigenvalue weighted by molar-refractivity contribution is 6.30. The van der Waals surface area contributed by atoms with Crippen molar-refractivity contribution in [3.05, 3.63) is 35.1 Å². The van der Waals surface area contributed by atoms with Crippen LogP contribution in [0, 0.1) is 6.92 Å². The second kappa shape index (κ2) is 5.29. The van der Waals surface area contributed by atoms with E-state index in [-0.39, 0.29) is 0 Å². The van der Waals surface area contributed by atoms with E-state index in [1.807, 2.05) is 29.7 Å². The quantitative estimate of drug-likeness (QED) is 0.839. The average Bonchev–Trinajstić information content (AvgIpc) is 2.74. The molecule has 1 aromatic heterocycles. The van der Waals surface area contributed by atoms with Crippen LogP contribution in [0.25, 0.3) is 11.4 Å². The van der Waals surface area contributed by atoms with Crippen molar-refractivity contribution >= 4 is 11.6 Å². The molecule has 0 saturated heterocycles. The standard InChI is InChI=1S/C12H14ClN3O/c1-9-7-10(13)3-4-11(9)12-15-14-8-16(12)5-6-17-2/h3-4,7-8H,5-6H2,1-2H3. The number of rotatable bonds is 4. The molecule has 90 valence electrons. The molecule has 0 aliphatic heterocycles. The van der Waals surface area contributed by atoms with Gasteiger partial charge in [0, 0.05) is 24.2 Å². The third-order valence-electron chi connectivity index (χ3n) is 2.58. The van der Waals surface area contributed by atoms with Crippen LogP contribution in [0.15, 0.2) is 24.5 Å². The van der Waals surface area contributed by atoms with Gasteiger partial charge in [-0.25, -0.2) is 0 Å². The van der Waals surface area contributed by atoms with Crippen molar-refractivity contribution in [1.29, 1.82) is 0 Å². The zero-order valence-corrected chi connectivity index (χ0v) is 10.6. The van der Waals surface area contributed by atoms with E-state index in [2.05, 4.69) is 10.2 Å². The average molecular weight is 252 g/mol. The summed E-state index contributed by atoms with van der Waals surface area (Å²) in [5.74, 6) is 0.844. The molecule has 0 radical (unpaired) electrons. The molecule has 0 atom stereocenters. The lowest BCUT2D eigenvalue weighted by atomic mass is 10.1. The van der Waals surface area contributed by atoms with Crippen LogP contribution in [-0.2, 0) is 11.3 Å². The zero-order valence-electron chi connectivity index (χ0n) is 9.85. The highest BCUT2D eigenvalue weighted by atomic mass is 35.5. The minimum absolute atomic E-state index is 0.637. The number of ether oxygens (including phenoxy) is 1. The van der Waals surface area contributed by atoms with Crippen molar-refractivity contribution < 1.29 is 4.74 Å². The maximum atomic E-state index is 5.94. The van der Waals surface area contributed by atoms with Crippen LogP contribution in [0.1, 0.15) is 5.56 Å². The Labute approximate surface area is 105 Å². The summed E-state index contributed by atoms with van der Waals surface area (Å²) in [6, 6.07) is 5.75. The van der Waals surface area contributed by atoms with Gasteiger partial charge < -0.3 is 9.30 Å². The van der Waals surface area contributed by atoms with E-state index < -0.39 is 0 Å². The predicted molar refractivity (Wildman–Crippen MR) is 67.1 cm³/mol. The van der Waals surface area contributed by atoms with Crippen LogP contribution in [0.2, 0.25) is 5.02 Å². The normalized spacial score (nSPS) is 10.8. The highest BCUT2D eigenvalue weighted by Gasteiger charge is 2.09. The first kappa shape index (κ1) is 12.1. The minimum Gasteiger partial charge on any atom is -0.383 e. The molecule has 1 heterocycles. The number of benzene rings is 1. The van der Waals surface area contributed by atoms with Gasteiger partial charge in [-0.05, 0) is 30.7 Å². The first-order chi connectivity index (χ1) is 8.22. The monoisotopic (exact) mass is 251 g/mol. The molecule has 4 nitrogen and oxygen atoms in total. The molecule has 17 heavy (non-hydrogen) atoms. The summed E-state index contributed by atoms with van der Waals surface area (Å²) in [4.78, 5) is 0. The number of aromatic nitrogens is 3. The smallest absolute Gasteiger partial charge is 0.164 e. The van der Waals surface area contributed by atoms with Gasteiger partial charge in [0.25, 0.3) is 0 Å². The largest absolute Gasteiger partial charge is 0.383 e. The Balaban J connectivity index is 2.35. The summed E-state index contributed by atoms with van der Waals surface area (Å²) in [5.41, 5.74) is 2.13. The van der Waals surface area contributed by atoms with E-state index in [0.29, 0.717) is 6.61 Å². The number of methoxy groups -OCH3 is 1. The number of hydrogen-bond acceptors (Lipinski definition) is 3. The molecule has 0 aliphatic carbocycles. The fourth-order valence-electron chi connectivity index (χ4n) is 1.69. The third kappa shape index (κ3) is 2.65. The van der Waals surface area contributed by atoms with Crippen molar-refractivity contribution in [2.24, 2.45) is 0 Å². The van der Waals surface area contributed by atoms with Gasteiger partial charge in [0.2, 0.25) is 0 Å². The maximum Gasteiger partial charge on any atom is 0.164 e. The predicted octanol–water partition coefficient (Wildman–Crippen LogP) is 2.55. The van der Waals surface area contributed by atoms with Crippen molar-refractivity contribution in [1.82, 2.24) is 14.8 Å². The fourth-order valence-corrected chi connectivity index (χ4v) is 1.92. The molecule has 2 aromatic rings. The first-order valence-corrected chi connectivity index (χ1v) is 5.73. The lowest BCUT2D eigenvalue weighted by molar-refractivity contribution is 0.187. The second-order valence-electron chi connectivity index (χ2n) is 3.80. The Bertz CT molecular complexity index is 510. The van der Waals surface area contributed by atoms with Crippen molar-refractivity contribution in [3.8, 4) is 11.4 Å². The second-order valence-corrected chi connectivity index (χ2v) is 4.24. The summed E-state index contributed by atoms with van der Waals surface area (Å²) in [5, 5.41) is 8.81. The van der Waals surface area contributed by atoms with Gasteiger partial charge in [-0.15, -0.1) is 10.2 Å². The Morgan fingerprint density at radius 2 is 2.24 bits per heavy atom. The summed E-state index contributed by atoms with van der Waals surface area (Å²) >= 11 is 5.94.